The first-order chi connectivity index (χ1) is 3.91. The molecule has 0 aliphatic carbocycles. The van der Waals surface area contributed by atoms with Crippen LogP contribution in [0.3, 0.4) is 0 Å². The van der Waals surface area contributed by atoms with Crippen LogP contribution in [0.2, 0.25) is 0 Å². The molecule has 0 aromatic carbocycles. The highest BCUT2D eigenvalue weighted by atomic mass is 13.8. The van der Waals surface area contributed by atoms with Gasteiger partial charge in [-0.15, -0.1) is 0 Å². The Kier molecular flexibility index (Phi) is 6.52. The van der Waals surface area contributed by atoms with E-state index < -0.39 is 0 Å². The highest BCUT2D eigenvalue weighted by Gasteiger charge is 1.79. The van der Waals surface area contributed by atoms with Gasteiger partial charge in [-0.25, -0.2) is 0 Å². The molecule has 0 bridgehead atoms. The van der Waals surface area contributed by atoms with E-state index in [0.29, 0.717) is 0 Å². The fraction of sp³-hybridized carbons (Fsp3) is 0.500. The summed E-state index contributed by atoms with van der Waals surface area (Å²) in [6, 6.07) is 0. The topological polar surface area (TPSA) is 0 Å². The molecular formula is C8H14. The first-order valence-electron chi connectivity index (χ1n) is 3.17. The van der Waals surface area contributed by atoms with E-state index in [1.54, 1.807) is 0 Å². The maximum atomic E-state index is 3.59. The monoisotopic (exact) mass is 110 g/mol. The molecule has 0 rings (SSSR count). The molecule has 0 spiro atoms. The molecule has 0 aliphatic rings. The fourth-order valence-electron chi connectivity index (χ4n) is 0.536. The molecule has 0 aromatic heterocycles. The van der Waals surface area contributed by atoms with Gasteiger partial charge in [-0.3, -0.25) is 0 Å². The first-order valence-corrected chi connectivity index (χ1v) is 3.17. The van der Waals surface area contributed by atoms with Gasteiger partial charge in [-0.05, 0) is 26.2 Å². The van der Waals surface area contributed by atoms with E-state index in [0.717, 1.165) is 6.42 Å². The summed E-state index contributed by atoms with van der Waals surface area (Å²) in [5.74, 6) is 0. The predicted molar refractivity (Wildman–Crippen MR) is 38.3 cm³/mol. The lowest BCUT2D eigenvalue weighted by molar-refractivity contribution is 0.901. The minimum Gasteiger partial charge on any atom is -0.0885 e. The second-order valence-electron chi connectivity index (χ2n) is 1.75. The number of rotatable bonds is 4. The van der Waals surface area contributed by atoms with E-state index in [1.807, 2.05) is 6.08 Å². The molecule has 0 aliphatic heterocycles. The quantitative estimate of drug-likeness (QED) is 0.488. The number of allylic oxidation sites excluding steroid dienone is 2. The van der Waals surface area contributed by atoms with E-state index >= 15 is 0 Å². The normalized spacial score (nSPS) is 10.8. The summed E-state index contributed by atoms with van der Waals surface area (Å²) >= 11 is 0. The number of hydrogen-bond acceptors (Lipinski definition) is 0. The van der Waals surface area contributed by atoms with Gasteiger partial charge in [0.25, 0.3) is 0 Å². The van der Waals surface area contributed by atoms with Crippen LogP contribution < -0.4 is 0 Å². The second kappa shape index (κ2) is 6.74. The van der Waals surface area contributed by atoms with Crippen molar-refractivity contribution in [2.45, 2.75) is 26.2 Å². The van der Waals surface area contributed by atoms with E-state index in [1.165, 1.54) is 12.8 Å². The Labute approximate surface area is 52.6 Å². The van der Waals surface area contributed by atoms with Crippen molar-refractivity contribution in [1.29, 1.82) is 0 Å². The Bertz CT molecular complexity index is 53.1. The zero-order valence-corrected chi connectivity index (χ0v) is 5.56. The summed E-state index contributed by atoms with van der Waals surface area (Å²) < 4.78 is 0. The fourth-order valence-corrected chi connectivity index (χ4v) is 0.536. The lowest BCUT2D eigenvalue weighted by atomic mass is 10.2. The molecule has 0 fully saturated rings. The number of hydrogen-bond donors (Lipinski definition) is 0. The molecule has 0 saturated carbocycles. The minimum atomic E-state index is 1.15. The molecule has 0 nitrogen and oxygen atoms in total. The number of unbranched alkanes of at least 4 members (excludes halogenated alkanes) is 3. The van der Waals surface area contributed by atoms with Crippen molar-refractivity contribution in [3.05, 3.63) is 25.5 Å². The Morgan fingerprint density at radius 3 is 2.62 bits per heavy atom. The van der Waals surface area contributed by atoms with Crippen molar-refractivity contribution in [2.24, 2.45) is 0 Å². The highest BCUT2D eigenvalue weighted by molar-refractivity contribution is 4.84. The summed E-state index contributed by atoms with van der Waals surface area (Å²) in [4.78, 5) is 0. The zero-order chi connectivity index (χ0) is 6.24. The van der Waals surface area contributed by atoms with Gasteiger partial charge in [-0.1, -0.05) is 25.5 Å². The molecule has 2 radical (unpaired) electrons. The molecule has 0 amide bonds. The molecule has 0 atom stereocenters. The summed E-state index contributed by atoms with van der Waals surface area (Å²) in [5.41, 5.74) is 0. The van der Waals surface area contributed by atoms with E-state index in [-0.39, 0.29) is 0 Å². The van der Waals surface area contributed by atoms with Gasteiger partial charge in [0, 0.05) is 0 Å². The summed E-state index contributed by atoms with van der Waals surface area (Å²) in [6.07, 6.45) is 9.75. The van der Waals surface area contributed by atoms with Crippen LogP contribution in [0.4, 0.5) is 0 Å². The van der Waals surface area contributed by atoms with Crippen molar-refractivity contribution in [2.75, 3.05) is 0 Å². The first kappa shape index (κ1) is 7.74. The van der Waals surface area contributed by atoms with Crippen molar-refractivity contribution in [3.63, 3.8) is 0 Å². The van der Waals surface area contributed by atoms with Crippen LogP contribution in [-0.2, 0) is 0 Å². The lowest BCUT2D eigenvalue weighted by Crippen LogP contribution is -1.70. The zero-order valence-electron chi connectivity index (χ0n) is 5.56. The molecule has 0 saturated heterocycles. The highest BCUT2D eigenvalue weighted by Crippen LogP contribution is 1.97. The van der Waals surface area contributed by atoms with E-state index in [2.05, 4.69) is 26.3 Å². The van der Waals surface area contributed by atoms with Crippen LogP contribution in [-0.4, -0.2) is 0 Å². The van der Waals surface area contributed by atoms with Crippen LogP contribution in [0.1, 0.15) is 26.2 Å². The molecular weight excluding hydrogens is 96.1 g/mol. The van der Waals surface area contributed by atoms with Crippen LogP contribution in [0.15, 0.2) is 12.2 Å². The smallest absolute Gasteiger partial charge is 0.0316 e. The standard InChI is InChI=1S/C8H14/c1-3-5-7-8-6-4-2/h3,5-6H,1,4,7-8H2,2H3. The average molecular weight is 110 g/mol. The van der Waals surface area contributed by atoms with E-state index in [4.69, 9.17) is 0 Å². The van der Waals surface area contributed by atoms with Gasteiger partial charge in [0.2, 0.25) is 0 Å². The molecule has 0 N–H and O–H groups in total. The lowest BCUT2D eigenvalue weighted by Gasteiger charge is -1.88. The average Bonchev–Trinajstić information content (AvgIpc) is 1.81. The van der Waals surface area contributed by atoms with Gasteiger partial charge < -0.3 is 0 Å². The second-order valence-corrected chi connectivity index (χ2v) is 1.75. The van der Waals surface area contributed by atoms with Crippen molar-refractivity contribution in [3.8, 4) is 0 Å². The maximum absolute atomic E-state index is 3.59. The largest absolute Gasteiger partial charge is 0.0885 e. The molecule has 0 heterocycles. The minimum absolute atomic E-state index is 1.15. The van der Waals surface area contributed by atoms with Gasteiger partial charge in [0.15, 0.2) is 0 Å². The SMILES string of the molecule is [CH2]C=CCC[CH]CC. The van der Waals surface area contributed by atoms with Crippen LogP contribution in [0, 0.1) is 13.3 Å². The van der Waals surface area contributed by atoms with Gasteiger partial charge in [-0.2, -0.15) is 0 Å². The molecule has 0 aromatic rings. The Morgan fingerprint density at radius 2 is 2.12 bits per heavy atom. The maximum Gasteiger partial charge on any atom is -0.0316 e. The third-order valence-corrected chi connectivity index (χ3v) is 0.993. The van der Waals surface area contributed by atoms with Gasteiger partial charge >= 0.3 is 0 Å². The van der Waals surface area contributed by atoms with Crippen LogP contribution in [0.5, 0.6) is 0 Å². The van der Waals surface area contributed by atoms with E-state index in [9.17, 15) is 0 Å². The van der Waals surface area contributed by atoms with Gasteiger partial charge in [0.1, 0.15) is 0 Å². The molecule has 46 valence electrons. The Balaban J connectivity index is 2.72. The molecule has 8 heavy (non-hydrogen) atoms. The molecule has 0 heteroatoms. The third kappa shape index (κ3) is 5.74. The Hall–Kier alpha value is -0.260. The van der Waals surface area contributed by atoms with Crippen molar-refractivity contribution < 1.29 is 0 Å². The Morgan fingerprint density at radius 1 is 1.38 bits per heavy atom. The molecule has 0 unspecified atom stereocenters. The summed E-state index contributed by atoms with van der Waals surface area (Å²) in [7, 11) is 0. The third-order valence-electron chi connectivity index (χ3n) is 0.993. The van der Waals surface area contributed by atoms with Crippen molar-refractivity contribution >= 4 is 0 Å². The van der Waals surface area contributed by atoms with Crippen LogP contribution >= 0.6 is 0 Å². The van der Waals surface area contributed by atoms with Gasteiger partial charge in [0.05, 0.1) is 0 Å². The predicted octanol–water partition coefficient (Wildman–Crippen LogP) is 2.77. The summed E-state index contributed by atoms with van der Waals surface area (Å²) in [6.45, 7) is 5.75. The summed E-state index contributed by atoms with van der Waals surface area (Å²) in [5, 5.41) is 0. The van der Waals surface area contributed by atoms with Crippen molar-refractivity contribution in [1.82, 2.24) is 0 Å². The van der Waals surface area contributed by atoms with Crippen LogP contribution in [0.25, 0.3) is 0 Å².